The summed E-state index contributed by atoms with van der Waals surface area (Å²) in [6.07, 6.45) is 0.769. The summed E-state index contributed by atoms with van der Waals surface area (Å²) in [6.45, 7) is 3.27. The second-order valence-corrected chi connectivity index (χ2v) is 7.27. The number of para-hydroxylation sites is 3. The highest BCUT2D eigenvalue weighted by Crippen LogP contribution is 2.17. The SMILES string of the molecule is Cc1nc2ccccc2n1CCCNC(=O)c1ccccc1NC(=O)c1ccccc1. The number of nitrogens with one attached hydrogen (secondary N) is 2. The molecular weight excluding hydrogens is 388 g/mol. The van der Waals surface area contributed by atoms with Crippen molar-refractivity contribution in [2.45, 2.75) is 19.9 Å². The van der Waals surface area contributed by atoms with Crippen LogP contribution in [0.1, 0.15) is 33.0 Å². The topological polar surface area (TPSA) is 76.0 Å². The fourth-order valence-corrected chi connectivity index (χ4v) is 3.59. The molecule has 0 aliphatic carbocycles. The van der Waals surface area contributed by atoms with Crippen LogP contribution in [0, 0.1) is 6.92 Å². The molecule has 6 heteroatoms. The molecule has 0 aliphatic rings. The number of hydrogen-bond acceptors (Lipinski definition) is 3. The number of benzene rings is 3. The first kappa shape index (κ1) is 20.3. The van der Waals surface area contributed by atoms with Gasteiger partial charge in [-0.2, -0.15) is 0 Å². The maximum Gasteiger partial charge on any atom is 0.255 e. The van der Waals surface area contributed by atoms with Crippen molar-refractivity contribution >= 4 is 28.5 Å². The van der Waals surface area contributed by atoms with E-state index in [1.54, 1.807) is 48.5 Å². The Hall–Kier alpha value is -3.93. The van der Waals surface area contributed by atoms with E-state index >= 15 is 0 Å². The summed E-state index contributed by atoms with van der Waals surface area (Å²) in [5.74, 6) is 0.501. The van der Waals surface area contributed by atoms with Gasteiger partial charge in [0.25, 0.3) is 11.8 Å². The molecule has 1 aromatic heterocycles. The predicted octanol–water partition coefficient (Wildman–Crippen LogP) is 4.42. The van der Waals surface area contributed by atoms with Gasteiger partial charge in [-0.05, 0) is 49.7 Å². The molecule has 4 rings (SSSR count). The molecule has 0 fully saturated rings. The van der Waals surface area contributed by atoms with Gasteiger partial charge in [0.15, 0.2) is 0 Å². The van der Waals surface area contributed by atoms with Crippen LogP contribution in [0.15, 0.2) is 78.9 Å². The maximum absolute atomic E-state index is 12.7. The molecule has 4 aromatic rings. The van der Waals surface area contributed by atoms with Crippen molar-refractivity contribution < 1.29 is 9.59 Å². The lowest BCUT2D eigenvalue weighted by molar-refractivity contribution is 0.0953. The van der Waals surface area contributed by atoms with Gasteiger partial charge in [0.1, 0.15) is 5.82 Å². The Balaban J connectivity index is 1.37. The van der Waals surface area contributed by atoms with E-state index in [0.717, 1.165) is 29.8 Å². The third-order valence-corrected chi connectivity index (χ3v) is 5.15. The zero-order valence-electron chi connectivity index (χ0n) is 17.3. The van der Waals surface area contributed by atoms with Crippen LogP contribution in [0.2, 0.25) is 0 Å². The zero-order valence-corrected chi connectivity index (χ0v) is 17.3. The van der Waals surface area contributed by atoms with Crippen LogP contribution in [-0.4, -0.2) is 27.9 Å². The Morgan fingerprint density at radius 2 is 1.58 bits per heavy atom. The van der Waals surface area contributed by atoms with E-state index in [2.05, 4.69) is 26.3 Å². The number of hydrogen-bond donors (Lipinski definition) is 2. The first-order valence-electron chi connectivity index (χ1n) is 10.3. The van der Waals surface area contributed by atoms with E-state index in [9.17, 15) is 9.59 Å². The number of carbonyl (C=O) groups is 2. The summed E-state index contributed by atoms with van der Waals surface area (Å²) < 4.78 is 2.16. The number of carbonyl (C=O) groups excluding carboxylic acids is 2. The molecule has 6 nitrogen and oxygen atoms in total. The lowest BCUT2D eigenvalue weighted by Gasteiger charge is -2.12. The molecule has 0 saturated carbocycles. The van der Waals surface area contributed by atoms with Gasteiger partial charge in [-0.1, -0.05) is 42.5 Å². The maximum atomic E-state index is 12.7. The highest BCUT2D eigenvalue weighted by atomic mass is 16.2. The number of fused-ring (bicyclic) bond motifs is 1. The number of nitrogens with zero attached hydrogens (tertiary/aromatic N) is 2. The minimum Gasteiger partial charge on any atom is -0.352 e. The lowest BCUT2D eigenvalue weighted by Crippen LogP contribution is -2.27. The van der Waals surface area contributed by atoms with Crippen molar-refractivity contribution in [3.05, 3.63) is 95.8 Å². The average molecular weight is 412 g/mol. The number of rotatable bonds is 7. The molecule has 156 valence electrons. The van der Waals surface area contributed by atoms with Crippen molar-refractivity contribution in [1.82, 2.24) is 14.9 Å². The van der Waals surface area contributed by atoms with E-state index in [1.807, 2.05) is 31.2 Å². The Labute approximate surface area is 180 Å². The smallest absolute Gasteiger partial charge is 0.255 e. The Morgan fingerprint density at radius 1 is 0.871 bits per heavy atom. The van der Waals surface area contributed by atoms with Crippen LogP contribution in [-0.2, 0) is 6.54 Å². The second kappa shape index (κ2) is 9.26. The number of aryl methyl sites for hydroxylation is 2. The Bertz CT molecular complexity index is 1210. The van der Waals surface area contributed by atoms with Gasteiger partial charge in [-0.15, -0.1) is 0 Å². The first-order chi connectivity index (χ1) is 15.1. The summed E-state index contributed by atoms with van der Waals surface area (Å²) >= 11 is 0. The van der Waals surface area contributed by atoms with Crippen LogP contribution < -0.4 is 10.6 Å². The summed E-state index contributed by atoms with van der Waals surface area (Å²) in [5, 5.41) is 5.79. The molecular formula is C25H24N4O2. The third kappa shape index (κ3) is 4.64. The van der Waals surface area contributed by atoms with Crippen molar-refractivity contribution in [3.63, 3.8) is 0 Å². The number of imidazole rings is 1. The Kier molecular flexibility index (Phi) is 6.08. The molecule has 2 N–H and O–H groups in total. The molecule has 0 unspecified atom stereocenters. The quantitative estimate of drug-likeness (QED) is 0.441. The Morgan fingerprint density at radius 3 is 2.42 bits per heavy atom. The van der Waals surface area contributed by atoms with Gasteiger partial charge in [-0.3, -0.25) is 9.59 Å². The van der Waals surface area contributed by atoms with Crippen LogP contribution in [0.4, 0.5) is 5.69 Å². The number of amides is 2. The monoisotopic (exact) mass is 412 g/mol. The summed E-state index contributed by atoms with van der Waals surface area (Å²) in [7, 11) is 0. The molecule has 3 aromatic carbocycles. The molecule has 0 aliphatic heterocycles. The summed E-state index contributed by atoms with van der Waals surface area (Å²) in [5.41, 5.74) is 3.55. The zero-order chi connectivity index (χ0) is 21.6. The number of aromatic nitrogens is 2. The van der Waals surface area contributed by atoms with Crippen LogP contribution in [0.5, 0.6) is 0 Å². The van der Waals surface area contributed by atoms with Gasteiger partial charge in [0.05, 0.1) is 22.3 Å². The fraction of sp³-hybridized carbons (Fsp3) is 0.160. The highest BCUT2D eigenvalue weighted by molar-refractivity contribution is 6.08. The molecule has 0 bridgehead atoms. The number of anilines is 1. The van der Waals surface area contributed by atoms with Crippen molar-refractivity contribution in [3.8, 4) is 0 Å². The summed E-state index contributed by atoms with van der Waals surface area (Å²) in [6, 6.07) is 24.0. The van der Waals surface area contributed by atoms with Gasteiger partial charge in [-0.25, -0.2) is 4.98 Å². The van der Waals surface area contributed by atoms with E-state index in [0.29, 0.717) is 23.4 Å². The van der Waals surface area contributed by atoms with Crippen LogP contribution in [0.3, 0.4) is 0 Å². The average Bonchev–Trinajstić information content (AvgIpc) is 3.12. The van der Waals surface area contributed by atoms with Gasteiger partial charge >= 0.3 is 0 Å². The molecule has 0 spiro atoms. The minimum absolute atomic E-state index is 0.212. The third-order valence-electron chi connectivity index (χ3n) is 5.15. The molecule has 0 saturated heterocycles. The molecule has 1 heterocycles. The van der Waals surface area contributed by atoms with E-state index in [1.165, 1.54) is 0 Å². The second-order valence-electron chi connectivity index (χ2n) is 7.27. The standard InChI is InChI=1S/C25H24N4O2/c1-18-27-22-14-7-8-15-23(22)29(18)17-9-16-26-25(31)20-12-5-6-13-21(20)28-24(30)19-10-3-2-4-11-19/h2-8,10-15H,9,16-17H2,1H3,(H,26,31)(H,28,30). The van der Waals surface area contributed by atoms with Gasteiger partial charge in [0.2, 0.25) is 0 Å². The minimum atomic E-state index is -0.247. The van der Waals surface area contributed by atoms with Crippen molar-refractivity contribution in [2.24, 2.45) is 0 Å². The molecule has 0 atom stereocenters. The largest absolute Gasteiger partial charge is 0.352 e. The van der Waals surface area contributed by atoms with Crippen molar-refractivity contribution in [1.29, 1.82) is 0 Å². The van der Waals surface area contributed by atoms with E-state index in [4.69, 9.17) is 0 Å². The van der Waals surface area contributed by atoms with Crippen molar-refractivity contribution in [2.75, 3.05) is 11.9 Å². The fourth-order valence-electron chi connectivity index (χ4n) is 3.59. The van der Waals surface area contributed by atoms with Crippen LogP contribution >= 0.6 is 0 Å². The molecule has 2 amide bonds. The lowest BCUT2D eigenvalue weighted by atomic mass is 10.1. The van der Waals surface area contributed by atoms with Gasteiger partial charge in [0, 0.05) is 18.7 Å². The van der Waals surface area contributed by atoms with Crippen LogP contribution in [0.25, 0.3) is 11.0 Å². The van der Waals surface area contributed by atoms with E-state index < -0.39 is 0 Å². The summed E-state index contributed by atoms with van der Waals surface area (Å²) in [4.78, 5) is 29.8. The highest BCUT2D eigenvalue weighted by Gasteiger charge is 2.14. The van der Waals surface area contributed by atoms with E-state index in [-0.39, 0.29) is 11.8 Å². The molecule has 31 heavy (non-hydrogen) atoms. The normalized spacial score (nSPS) is 10.7. The predicted molar refractivity (Wildman–Crippen MR) is 122 cm³/mol. The molecule has 0 radical (unpaired) electrons. The first-order valence-corrected chi connectivity index (χ1v) is 10.3. The van der Waals surface area contributed by atoms with Gasteiger partial charge < -0.3 is 15.2 Å².